The van der Waals surface area contributed by atoms with Crippen LogP contribution in [0.15, 0.2) is 71.8 Å². The topological polar surface area (TPSA) is 125 Å². The van der Waals surface area contributed by atoms with Crippen LogP contribution >= 0.6 is 0 Å². The Labute approximate surface area is 215 Å². The molecule has 192 valence electrons. The third kappa shape index (κ3) is 5.49. The average molecular weight is 522 g/mol. The second-order valence-electron chi connectivity index (χ2n) is 8.53. The van der Waals surface area contributed by atoms with Crippen LogP contribution < -0.4 is 15.4 Å². The van der Waals surface area contributed by atoms with Gasteiger partial charge in [-0.05, 0) is 54.4 Å². The summed E-state index contributed by atoms with van der Waals surface area (Å²) in [4.78, 5) is 9.66. The number of aromatic amines is 1. The number of aromatic nitrogens is 2. The third-order valence-electron chi connectivity index (χ3n) is 5.99. The van der Waals surface area contributed by atoms with Crippen LogP contribution in [0.3, 0.4) is 0 Å². The van der Waals surface area contributed by atoms with Crippen molar-refractivity contribution in [3.05, 3.63) is 89.6 Å². The van der Waals surface area contributed by atoms with Crippen LogP contribution in [-0.4, -0.2) is 37.6 Å². The van der Waals surface area contributed by atoms with Gasteiger partial charge in [-0.1, -0.05) is 25.1 Å². The zero-order valence-electron chi connectivity index (χ0n) is 20.7. The number of nitrogen functional groups attached to an aromatic ring is 1. The highest BCUT2D eigenvalue weighted by atomic mass is 32.2. The number of H-pyrrole nitrogens is 1. The van der Waals surface area contributed by atoms with Crippen molar-refractivity contribution in [2.24, 2.45) is 5.73 Å². The monoisotopic (exact) mass is 521 g/mol. The minimum Gasteiger partial charge on any atom is -0.494 e. The number of hydrogen-bond acceptors (Lipinski definition) is 6. The number of amidine groups is 1. The van der Waals surface area contributed by atoms with E-state index in [1.54, 1.807) is 71.8 Å². The number of imidazole rings is 1. The second kappa shape index (κ2) is 10.4. The van der Waals surface area contributed by atoms with E-state index < -0.39 is 15.7 Å². The first-order valence-corrected chi connectivity index (χ1v) is 13.4. The molecule has 1 heterocycles. The Kier molecular flexibility index (Phi) is 7.30. The fourth-order valence-electron chi connectivity index (χ4n) is 4.06. The molecule has 0 spiro atoms. The molecule has 0 radical (unpaired) electrons. The number of methoxy groups -OCH3 is 1. The van der Waals surface area contributed by atoms with Crippen molar-refractivity contribution in [2.75, 3.05) is 18.3 Å². The van der Waals surface area contributed by atoms with Gasteiger partial charge in [0.2, 0.25) is 0 Å². The van der Waals surface area contributed by atoms with Crippen LogP contribution in [0.1, 0.15) is 23.9 Å². The molecule has 0 unspecified atom stereocenters. The molecule has 0 fully saturated rings. The van der Waals surface area contributed by atoms with Crippen LogP contribution in [0.2, 0.25) is 0 Å². The second-order valence-corrected chi connectivity index (χ2v) is 10.5. The summed E-state index contributed by atoms with van der Waals surface area (Å²) in [7, 11) is -2.05. The van der Waals surface area contributed by atoms with Crippen LogP contribution in [0, 0.1) is 11.2 Å². The number of halogens is 1. The highest BCUT2D eigenvalue weighted by Gasteiger charge is 2.22. The van der Waals surface area contributed by atoms with E-state index in [0.717, 1.165) is 11.8 Å². The molecule has 8 nitrogen and oxygen atoms in total. The van der Waals surface area contributed by atoms with Gasteiger partial charge in [0.1, 0.15) is 11.7 Å². The number of hydrogen-bond donors (Lipinski definition) is 3. The standard InChI is InChI=1S/C27H28FN5O3S/c1-4-17-13-22(26(28)23(14-17)36-2)33(19-11-9-18(10-12-19)27(29)30)16-25-31-15-21(32-25)20-7-5-6-8-24(20)37(3,34)35/h5-15H,4,16H2,1-3H3,(H3,29,30)(H,31,32). The molecule has 1 aromatic heterocycles. The lowest BCUT2D eigenvalue weighted by Crippen LogP contribution is -2.20. The van der Waals surface area contributed by atoms with E-state index in [2.05, 4.69) is 9.97 Å². The van der Waals surface area contributed by atoms with Gasteiger partial charge in [-0.2, -0.15) is 0 Å². The maximum Gasteiger partial charge on any atom is 0.188 e. The summed E-state index contributed by atoms with van der Waals surface area (Å²) in [5, 5.41) is 7.67. The van der Waals surface area contributed by atoms with E-state index in [9.17, 15) is 8.42 Å². The van der Waals surface area contributed by atoms with Crippen LogP contribution in [0.25, 0.3) is 11.3 Å². The molecular weight excluding hydrogens is 493 g/mol. The SMILES string of the molecule is CCc1cc(OC)c(F)c(N(Cc2nc(-c3ccccc3S(C)(=O)=O)c[nH]2)c2ccc(C(=N)N)cc2)c1. The number of rotatable bonds is 9. The zero-order chi connectivity index (χ0) is 26.7. The molecule has 3 aromatic carbocycles. The molecule has 0 saturated heterocycles. The first-order chi connectivity index (χ1) is 17.6. The molecule has 0 saturated carbocycles. The number of ether oxygens (including phenoxy) is 1. The zero-order valence-corrected chi connectivity index (χ0v) is 21.6. The minimum atomic E-state index is -3.47. The number of benzene rings is 3. The Balaban J connectivity index is 1.80. The molecular formula is C27H28FN5O3S. The fourth-order valence-corrected chi connectivity index (χ4v) is 4.95. The molecule has 4 rings (SSSR count). The lowest BCUT2D eigenvalue weighted by Gasteiger charge is -2.26. The minimum absolute atomic E-state index is 0.0702. The van der Waals surface area contributed by atoms with Crippen LogP contribution in [0.5, 0.6) is 5.75 Å². The predicted molar refractivity (Wildman–Crippen MR) is 143 cm³/mol. The number of sulfone groups is 1. The predicted octanol–water partition coefficient (Wildman–Crippen LogP) is 4.81. The lowest BCUT2D eigenvalue weighted by atomic mass is 10.1. The van der Waals surface area contributed by atoms with Gasteiger partial charge in [-0.15, -0.1) is 0 Å². The van der Waals surface area contributed by atoms with Crippen molar-refractivity contribution in [3.63, 3.8) is 0 Å². The Morgan fingerprint density at radius 2 is 1.86 bits per heavy atom. The number of nitrogens with one attached hydrogen (secondary N) is 2. The van der Waals surface area contributed by atoms with E-state index in [0.29, 0.717) is 40.4 Å². The summed E-state index contributed by atoms with van der Waals surface area (Å²) in [5.74, 6) is 0.0276. The number of anilines is 2. The maximum absolute atomic E-state index is 15.6. The lowest BCUT2D eigenvalue weighted by molar-refractivity contribution is 0.386. The molecule has 37 heavy (non-hydrogen) atoms. The third-order valence-corrected chi connectivity index (χ3v) is 7.14. The van der Waals surface area contributed by atoms with Gasteiger partial charge in [0, 0.05) is 29.3 Å². The first-order valence-electron chi connectivity index (χ1n) is 11.5. The van der Waals surface area contributed by atoms with Crippen molar-refractivity contribution in [1.82, 2.24) is 9.97 Å². The van der Waals surface area contributed by atoms with Crippen molar-refractivity contribution in [3.8, 4) is 17.0 Å². The van der Waals surface area contributed by atoms with E-state index in [4.69, 9.17) is 15.9 Å². The Morgan fingerprint density at radius 3 is 2.49 bits per heavy atom. The summed E-state index contributed by atoms with van der Waals surface area (Å²) in [6, 6.07) is 17.0. The molecule has 4 N–H and O–H groups in total. The van der Waals surface area contributed by atoms with Gasteiger partial charge in [0.05, 0.1) is 29.9 Å². The van der Waals surface area contributed by atoms with E-state index in [1.165, 1.54) is 7.11 Å². The van der Waals surface area contributed by atoms with Crippen molar-refractivity contribution in [1.29, 1.82) is 5.41 Å². The van der Waals surface area contributed by atoms with E-state index in [-0.39, 0.29) is 23.0 Å². The Hall–Kier alpha value is -4.18. The van der Waals surface area contributed by atoms with Crippen LogP contribution in [0.4, 0.5) is 15.8 Å². The van der Waals surface area contributed by atoms with Crippen molar-refractivity contribution in [2.45, 2.75) is 24.8 Å². The van der Waals surface area contributed by atoms with Crippen molar-refractivity contribution < 1.29 is 17.5 Å². The van der Waals surface area contributed by atoms with E-state index >= 15 is 4.39 Å². The van der Waals surface area contributed by atoms with Crippen LogP contribution in [-0.2, 0) is 22.8 Å². The van der Waals surface area contributed by atoms with Gasteiger partial charge in [0.25, 0.3) is 0 Å². The Bertz CT molecular complexity index is 1550. The number of nitrogens with zero attached hydrogens (tertiary/aromatic N) is 2. The number of aryl methyl sites for hydroxylation is 1. The molecule has 10 heteroatoms. The molecule has 0 amide bonds. The van der Waals surface area contributed by atoms with Gasteiger partial charge in [0.15, 0.2) is 21.4 Å². The summed E-state index contributed by atoms with van der Waals surface area (Å²) in [6.07, 6.45) is 3.46. The van der Waals surface area contributed by atoms with Gasteiger partial charge >= 0.3 is 0 Å². The fraction of sp³-hybridized carbons (Fsp3) is 0.185. The normalized spacial score (nSPS) is 11.4. The first kappa shape index (κ1) is 25.9. The average Bonchev–Trinajstić information content (AvgIpc) is 3.36. The summed E-state index contributed by atoms with van der Waals surface area (Å²) in [6.45, 7) is 2.12. The molecule has 0 atom stereocenters. The summed E-state index contributed by atoms with van der Waals surface area (Å²) < 4.78 is 45.4. The summed E-state index contributed by atoms with van der Waals surface area (Å²) in [5.41, 5.74) is 8.92. The molecule has 4 aromatic rings. The highest BCUT2D eigenvalue weighted by molar-refractivity contribution is 7.90. The quantitative estimate of drug-likeness (QED) is 0.214. The maximum atomic E-state index is 15.6. The molecule has 0 bridgehead atoms. The van der Waals surface area contributed by atoms with Gasteiger partial charge in [-0.25, -0.2) is 17.8 Å². The molecule has 0 aliphatic carbocycles. The van der Waals surface area contributed by atoms with Gasteiger partial charge in [-0.3, -0.25) is 5.41 Å². The van der Waals surface area contributed by atoms with E-state index in [1.807, 2.05) is 6.92 Å². The largest absolute Gasteiger partial charge is 0.494 e. The van der Waals surface area contributed by atoms with Crippen molar-refractivity contribution >= 4 is 27.0 Å². The highest BCUT2D eigenvalue weighted by Crippen LogP contribution is 2.36. The Morgan fingerprint density at radius 1 is 1.16 bits per heavy atom. The van der Waals surface area contributed by atoms with Gasteiger partial charge < -0.3 is 20.4 Å². The summed E-state index contributed by atoms with van der Waals surface area (Å²) >= 11 is 0. The molecule has 0 aliphatic heterocycles. The smallest absolute Gasteiger partial charge is 0.188 e. The molecule has 0 aliphatic rings. The number of nitrogens with two attached hydrogens (primary N) is 1.